The van der Waals surface area contributed by atoms with E-state index in [-0.39, 0.29) is 0 Å². The number of nitrogens with two attached hydrogens (primary N) is 2. The van der Waals surface area contributed by atoms with Crippen molar-refractivity contribution in [1.29, 1.82) is 0 Å². The second-order valence-electron chi connectivity index (χ2n) is 5.36. The van der Waals surface area contributed by atoms with Crippen molar-refractivity contribution in [3.63, 3.8) is 0 Å². The lowest BCUT2D eigenvalue weighted by Crippen LogP contribution is -2.02. The summed E-state index contributed by atoms with van der Waals surface area (Å²) in [5.74, 6) is 0. The second kappa shape index (κ2) is 7.40. The van der Waals surface area contributed by atoms with E-state index < -0.39 is 0 Å². The van der Waals surface area contributed by atoms with Gasteiger partial charge in [0.2, 0.25) is 0 Å². The average Bonchev–Trinajstić information content (AvgIpc) is 2.55. The molecule has 0 unspecified atom stereocenters. The van der Waals surface area contributed by atoms with Gasteiger partial charge in [-0.2, -0.15) is 0 Å². The van der Waals surface area contributed by atoms with Crippen LogP contribution in [0.3, 0.4) is 0 Å². The van der Waals surface area contributed by atoms with Gasteiger partial charge in [-0.25, -0.2) is 0 Å². The van der Waals surface area contributed by atoms with Crippen LogP contribution in [0.5, 0.6) is 0 Å². The molecule has 0 fully saturated rings. The minimum Gasteiger partial charge on any atom is -0.397 e. The van der Waals surface area contributed by atoms with E-state index in [9.17, 15) is 0 Å². The molecule has 0 bridgehead atoms. The molecule has 0 amide bonds. The van der Waals surface area contributed by atoms with E-state index >= 15 is 0 Å². The zero-order chi connectivity index (χ0) is 17.3. The number of hydrogen-bond donors (Lipinski definition) is 2. The summed E-state index contributed by atoms with van der Waals surface area (Å²) in [7, 11) is 0. The van der Waals surface area contributed by atoms with Gasteiger partial charge >= 0.3 is 0 Å². The van der Waals surface area contributed by atoms with Crippen molar-refractivity contribution in [2.45, 2.75) is 33.1 Å². The number of halogens is 4. The van der Waals surface area contributed by atoms with Crippen LogP contribution >= 0.6 is 46.4 Å². The summed E-state index contributed by atoms with van der Waals surface area (Å²) in [6.45, 7) is 4.03. The number of rotatable bonds is 4. The number of nitrogen functional groups attached to an aromatic ring is 2. The normalized spacial score (nSPS) is 11.0. The molecule has 124 valence electrons. The molecule has 0 radical (unpaired) electrons. The molecule has 0 heterocycles. The van der Waals surface area contributed by atoms with E-state index in [0.29, 0.717) is 37.9 Å². The summed E-state index contributed by atoms with van der Waals surface area (Å²) in [4.78, 5) is 0. The lowest BCUT2D eigenvalue weighted by molar-refractivity contribution is 1.09. The van der Waals surface area contributed by atoms with Crippen molar-refractivity contribution >= 4 is 57.8 Å². The minimum atomic E-state index is 0.384. The van der Waals surface area contributed by atoms with Gasteiger partial charge in [0.25, 0.3) is 0 Å². The Morgan fingerprint density at radius 1 is 0.652 bits per heavy atom. The summed E-state index contributed by atoms with van der Waals surface area (Å²) < 4.78 is 0. The first-order valence-electron chi connectivity index (χ1n) is 7.32. The molecule has 0 aliphatic rings. The molecule has 0 atom stereocenters. The van der Waals surface area contributed by atoms with Gasteiger partial charge < -0.3 is 11.5 Å². The number of aryl methyl sites for hydroxylation is 2. The fraction of sp³-hybridized carbons (Fsp3) is 0.294. The molecule has 2 aromatic carbocycles. The maximum atomic E-state index is 6.36. The summed E-state index contributed by atoms with van der Waals surface area (Å²) in [5, 5.41) is 1.66. The third-order valence-corrected chi connectivity index (χ3v) is 5.80. The largest absolute Gasteiger partial charge is 0.397 e. The van der Waals surface area contributed by atoms with E-state index in [2.05, 4.69) is 0 Å². The Bertz CT molecular complexity index is 694. The average molecular weight is 392 g/mol. The minimum absolute atomic E-state index is 0.384. The predicted molar refractivity (Wildman–Crippen MR) is 103 cm³/mol. The van der Waals surface area contributed by atoms with Crippen LogP contribution in [-0.4, -0.2) is 0 Å². The monoisotopic (exact) mass is 390 g/mol. The first-order valence-corrected chi connectivity index (χ1v) is 8.83. The smallest absolute Gasteiger partial charge is 0.0827 e. The number of benzene rings is 2. The lowest BCUT2D eigenvalue weighted by Gasteiger charge is -2.16. The quantitative estimate of drug-likeness (QED) is 0.611. The van der Waals surface area contributed by atoms with E-state index in [4.69, 9.17) is 57.9 Å². The maximum Gasteiger partial charge on any atom is 0.0827 e. The Kier molecular flexibility index (Phi) is 5.96. The van der Waals surface area contributed by atoms with Crippen LogP contribution in [0.25, 0.3) is 0 Å². The zero-order valence-electron chi connectivity index (χ0n) is 12.9. The van der Waals surface area contributed by atoms with Crippen LogP contribution < -0.4 is 11.5 Å². The summed E-state index contributed by atoms with van der Waals surface area (Å²) in [6, 6.07) is 3.94. The molecule has 2 aromatic rings. The Labute approximate surface area is 156 Å². The highest BCUT2D eigenvalue weighted by molar-refractivity contribution is 6.45. The molecule has 0 aliphatic heterocycles. The van der Waals surface area contributed by atoms with E-state index in [1.54, 1.807) is 0 Å². The third kappa shape index (κ3) is 3.51. The molecule has 23 heavy (non-hydrogen) atoms. The molecule has 4 N–H and O–H groups in total. The van der Waals surface area contributed by atoms with Crippen LogP contribution in [0.1, 0.15) is 36.1 Å². The fourth-order valence-corrected chi connectivity index (χ4v) is 3.48. The van der Waals surface area contributed by atoms with Crippen LogP contribution in [-0.2, 0) is 19.3 Å². The Morgan fingerprint density at radius 3 is 1.30 bits per heavy atom. The van der Waals surface area contributed by atoms with Gasteiger partial charge in [0.1, 0.15) is 0 Å². The summed E-state index contributed by atoms with van der Waals surface area (Å²) in [6.07, 6.45) is 2.05. The molecule has 0 saturated carbocycles. The van der Waals surface area contributed by atoms with Gasteiger partial charge in [-0.15, -0.1) is 0 Å². The molecule has 2 nitrogen and oxygen atoms in total. The summed E-state index contributed by atoms with van der Waals surface area (Å²) in [5.41, 5.74) is 16.7. The first-order chi connectivity index (χ1) is 10.8. The van der Waals surface area contributed by atoms with E-state index in [0.717, 1.165) is 35.1 Å². The SMILES string of the molecule is CCc1cc(Cc2cc(CC)c(N)c(Cl)c2Cl)c(Cl)c(Cl)c1N. The number of hydrogen-bond acceptors (Lipinski definition) is 2. The van der Waals surface area contributed by atoms with Gasteiger partial charge in [0.15, 0.2) is 0 Å². The van der Waals surface area contributed by atoms with Gasteiger partial charge in [-0.3, -0.25) is 0 Å². The second-order valence-corrected chi connectivity index (χ2v) is 6.87. The highest BCUT2D eigenvalue weighted by Crippen LogP contribution is 2.39. The van der Waals surface area contributed by atoms with Gasteiger partial charge in [0, 0.05) is 6.42 Å². The third-order valence-electron chi connectivity index (χ3n) is 3.95. The highest BCUT2D eigenvalue weighted by atomic mass is 35.5. The topological polar surface area (TPSA) is 52.0 Å². The molecule has 0 aromatic heterocycles. The standard InChI is InChI=1S/C17H18Cl4N2/c1-3-8-5-10(12(18)14(20)16(8)22)7-11-6-9(4-2)17(23)15(21)13(11)19/h5-6H,3-4,7,22-23H2,1-2H3. The molecular formula is C17H18Cl4N2. The van der Waals surface area contributed by atoms with Crippen molar-refractivity contribution in [1.82, 2.24) is 0 Å². The Hall–Kier alpha value is -0.800. The Morgan fingerprint density at radius 2 is 1.00 bits per heavy atom. The molecule has 2 rings (SSSR count). The van der Waals surface area contributed by atoms with Crippen LogP contribution in [0.4, 0.5) is 11.4 Å². The molecule has 0 saturated heterocycles. The highest BCUT2D eigenvalue weighted by Gasteiger charge is 2.17. The maximum absolute atomic E-state index is 6.36. The Balaban J connectivity index is 2.56. The van der Waals surface area contributed by atoms with Crippen LogP contribution in [0.2, 0.25) is 20.1 Å². The molecular weight excluding hydrogens is 374 g/mol. The van der Waals surface area contributed by atoms with Crippen LogP contribution in [0.15, 0.2) is 12.1 Å². The van der Waals surface area contributed by atoms with Gasteiger partial charge in [-0.1, -0.05) is 72.4 Å². The van der Waals surface area contributed by atoms with Crippen molar-refractivity contribution in [3.05, 3.63) is 54.5 Å². The first kappa shape index (κ1) is 18.5. The van der Waals surface area contributed by atoms with Crippen LogP contribution in [0, 0.1) is 0 Å². The molecule has 0 spiro atoms. The lowest BCUT2D eigenvalue weighted by atomic mass is 9.98. The van der Waals surface area contributed by atoms with Crippen molar-refractivity contribution in [2.24, 2.45) is 0 Å². The van der Waals surface area contributed by atoms with Crippen molar-refractivity contribution in [3.8, 4) is 0 Å². The fourth-order valence-electron chi connectivity index (χ4n) is 2.55. The number of anilines is 2. The van der Waals surface area contributed by atoms with Gasteiger partial charge in [0.05, 0.1) is 31.5 Å². The molecule has 6 heteroatoms. The molecule has 0 aliphatic carbocycles. The van der Waals surface area contributed by atoms with Gasteiger partial charge in [-0.05, 0) is 35.1 Å². The van der Waals surface area contributed by atoms with E-state index in [1.165, 1.54) is 0 Å². The zero-order valence-corrected chi connectivity index (χ0v) is 16.0. The van der Waals surface area contributed by atoms with Crippen molar-refractivity contribution in [2.75, 3.05) is 11.5 Å². The summed E-state index contributed by atoms with van der Waals surface area (Å²) >= 11 is 25.2. The predicted octanol–water partition coefficient (Wildman–Crippen LogP) is 6.18. The van der Waals surface area contributed by atoms with E-state index in [1.807, 2.05) is 26.0 Å². The van der Waals surface area contributed by atoms with Crippen molar-refractivity contribution < 1.29 is 0 Å².